The molecule has 0 unspecified atom stereocenters. The number of hydrogen-bond donors (Lipinski definition) is 1. The van der Waals surface area contributed by atoms with E-state index in [1.807, 2.05) is 12.1 Å². The monoisotopic (exact) mass is 409 g/mol. The summed E-state index contributed by atoms with van der Waals surface area (Å²) in [6.07, 6.45) is 5.16. The molecule has 0 heterocycles. The van der Waals surface area contributed by atoms with Crippen LogP contribution in [-0.4, -0.2) is 37.4 Å². The van der Waals surface area contributed by atoms with E-state index in [-0.39, 0.29) is 18.9 Å². The predicted octanol–water partition coefficient (Wildman–Crippen LogP) is 3.51. The molecule has 6 heteroatoms. The summed E-state index contributed by atoms with van der Waals surface area (Å²) in [5.74, 6) is -0.595. The van der Waals surface area contributed by atoms with E-state index >= 15 is 0 Å². The number of carbonyl (C=O) groups excluding carboxylic acids is 3. The molecule has 0 atom stereocenters. The summed E-state index contributed by atoms with van der Waals surface area (Å²) in [5, 5.41) is 2.50. The lowest BCUT2D eigenvalue weighted by molar-refractivity contribution is -0.141. The molecule has 0 saturated carbocycles. The van der Waals surface area contributed by atoms with Crippen molar-refractivity contribution in [1.29, 1.82) is 0 Å². The van der Waals surface area contributed by atoms with E-state index < -0.39 is 11.9 Å². The minimum absolute atomic E-state index is 0.247. The average molecular weight is 409 g/mol. The summed E-state index contributed by atoms with van der Waals surface area (Å²) >= 11 is 0. The largest absolute Gasteiger partial charge is 0.494 e. The van der Waals surface area contributed by atoms with E-state index in [4.69, 9.17) is 9.47 Å². The van der Waals surface area contributed by atoms with Crippen LogP contribution >= 0.6 is 0 Å². The van der Waals surface area contributed by atoms with Gasteiger partial charge >= 0.3 is 5.97 Å². The number of unbranched alkanes of at least 4 members (excludes halogenated alkanes) is 1. The van der Waals surface area contributed by atoms with Gasteiger partial charge in [0.05, 0.1) is 6.61 Å². The van der Waals surface area contributed by atoms with Gasteiger partial charge in [0, 0.05) is 11.1 Å². The average Bonchev–Trinajstić information content (AvgIpc) is 3.24. The standard InChI is InChI=1S/C24H27NO5/c1-2-3-13-29-21-11-9-18(10-12-21)24(28)25-15-23(27)30-16-22(26)20-8-7-17-5-4-6-19(17)14-20/h7-12,14H,2-6,13,15-16H2,1H3,(H,25,28). The van der Waals surface area contributed by atoms with Gasteiger partial charge in [-0.15, -0.1) is 0 Å². The third-order valence-electron chi connectivity index (χ3n) is 5.06. The molecule has 0 radical (unpaired) electrons. The number of aryl methyl sites for hydroxylation is 2. The minimum Gasteiger partial charge on any atom is -0.494 e. The summed E-state index contributed by atoms with van der Waals surface area (Å²) in [5.41, 5.74) is 3.45. The van der Waals surface area contributed by atoms with Crippen LogP contribution in [-0.2, 0) is 22.4 Å². The zero-order valence-corrected chi connectivity index (χ0v) is 17.2. The van der Waals surface area contributed by atoms with Crippen LogP contribution in [0.3, 0.4) is 0 Å². The summed E-state index contributed by atoms with van der Waals surface area (Å²) in [6, 6.07) is 12.3. The Bertz CT molecular complexity index is 904. The molecule has 0 aromatic heterocycles. The van der Waals surface area contributed by atoms with Gasteiger partial charge in [0.15, 0.2) is 12.4 Å². The van der Waals surface area contributed by atoms with Gasteiger partial charge in [0.1, 0.15) is 12.3 Å². The Morgan fingerprint density at radius 2 is 1.70 bits per heavy atom. The lowest BCUT2D eigenvalue weighted by Gasteiger charge is -2.08. The fourth-order valence-electron chi connectivity index (χ4n) is 3.32. The molecule has 0 bridgehead atoms. The van der Waals surface area contributed by atoms with Gasteiger partial charge < -0.3 is 14.8 Å². The maximum absolute atomic E-state index is 12.3. The molecule has 1 N–H and O–H groups in total. The van der Waals surface area contributed by atoms with Crippen LogP contribution in [0, 0.1) is 0 Å². The van der Waals surface area contributed by atoms with Crippen LogP contribution in [0.1, 0.15) is 58.0 Å². The van der Waals surface area contributed by atoms with Gasteiger partial charge in [-0.05, 0) is 67.1 Å². The van der Waals surface area contributed by atoms with Crippen LogP contribution in [0.2, 0.25) is 0 Å². The normalized spacial score (nSPS) is 12.2. The molecule has 6 nitrogen and oxygen atoms in total. The zero-order chi connectivity index (χ0) is 21.3. The van der Waals surface area contributed by atoms with E-state index in [0.717, 1.165) is 32.1 Å². The quantitative estimate of drug-likeness (QED) is 0.369. The maximum Gasteiger partial charge on any atom is 0.325 e. The minimum atomic E-state index is -0.655. The topological polar surface area (TPSA) is 81.7 Å². The number of esters is 1. The number of rotatable bonds is 10. The van der Waals surface area contributed by atoms with E-state index in [2.05, 4.69) is 12.2 Å². The Kier molecular flexibility index (Phi) is 7.60. The highest BCUT2D eigenvalue weighted by Gasteiger charge is 2.16. The molecule has 2 aromatic carbocycles. The number of nitrogens with one attached hydrogen (secondary N) is 1. The number of ketones is 1. The predicted molar refractivity (Wildman–Crippen MR) is 113 cm³/mol. The number of carbonyl (C=O) groups is 3. The Morgan fingerprint density at radius 3 is 2.47 bits per heavy atom. The molecule has 1 aliphatic carbocycles. The van der Waals surface area contributed by atoms with Crippen molar-refractivity contribution in [3.05, 3.63) is 64.7 Å². The number of amides is 1. The molecule has 1 aliphatic rings. The molecular formula is C24H27NO5. The van der Waals surface area contributed by atoms with Crippen LogP contribution in [0.25, 0.3) is 0 Å². The van der Waals surface area contributed by atoms with Crippen molar-refractivity contribution in [2.45, 2.75) is 39.0 Å². The Labute approximate surface area is 176 Å². The first-order valence-corrected chi connectivity index (χ1v) is 10.4. The van der Waals surface area contributed by atoms with Gasteiger partial charge in [-0.25, -0.2) is 0 Å². The molecule has 2 aromatic rings. The second kappa shape index (κ2) is 10.6. The lowest BCUT2D eigenvalue weighted by atomic mass is 10.0. The number of hydrogen-bond acceptors (Lipinski definition) is 5. The Hall–Kier alpha value is -3.15. The first kappa shape index (κ1) is 21.6. The number of fused-ring (bicyclic) bond motifs is 1. The highest BCUT2D eigenvalue weighted by molar-refractivity contribution is 5.99. The van der Waals surface area contributed by atoms with Crippen LogP contribution < -0.4 is 10.1 Å². The van der Waals surface area contributed by atoms with Crippen molar-refractivity contribution < 1.29 is 23.9 Å². The third-order valence-corrected chi connectivity index (χ3v) is 5.06. The zero-order valence-electron chi connectivity index (χ0n) is 17.2. The third kappa shape index (κ3) is 5.92. The number of ether oxygens (including phenoxy) is 2. The molecule has 0 fully saturated rings. The SMILES string of the molecule is CCCCOc1ccc(C(=O)NCC(=O)OCC(=O)c2ccc3c(c2)CCC3)cc1. The van der Waals surface area contributed by atoms with E-state index in [0.29, 0.717) is 23.5 Å². The van der Waals surface area contributed by atoms with Crippen molar-refractivity contribution in [2.75, 3.05) is 19.8 Å². The van der Waals surface area contributed by atoms with Crippen LogP contribution in [0.15, 0.2) is 42.5 Å². The number of benzene rings is 2. The van der Waals surface area contributed by atoms with Crippen LogP contribution in [0.5, 0.6) is 5.75 Å². The van der Waals surface area contributed by atoms with Gasteiger partial charge in [-0.3, -0.25) is 14.4 Å². The fourth-order valence-corrected chi connectivity index (χ4v) is 3.32. The van der Waals surface area contributed by atoms with E-state index in [1.54, 1.807) is 30.3 Å². The second-order valence-corrected chi connectivity index (χ2v) is 7.33. The molecular weight excluding hydrogens is 382 g/mol. The smallest absolute Gasteiger partial charge is 0.325 e. The highest BCUT2D eigenvalue weighted by Crippen LogP contribution is 2.23. The maximum atomic E-state index is 12.3. The first-order valence-electron chi connectivity index (χ1n) is 10.4. The van der Waals surface area contributed by atoms with Gasteiger partial charge in [-0.2, -0.15) is 0 Å². The first-order chi connectivity index (χ1) is 14.6. The molecule has 3 rings (SSSR count). The van der Waals surface area contributed by atoms with Crippen molar-refractivity contribution in [3.63, 3.8) is 0 Å². The molecule has 30 heavy (non-hydrogen) atoms. The molecule has 0 aliphatic heterocycles. The fraction of sp³-hybridized carbons (Fsp3) is 0.375. The lowest BCUT2D eigenvalue weighted by Crippen LogP contribution is -2.31. The van der Waals surface area contributed by atoms with E-state index in [9.17, 15) is 14.4 Å². The van der Waals surface area contributed by atoms with Gasteiger partial charge in [-0.1, -0.05) is 25.5 Å². The van der Waals surface area contributed by atoms with Gasteiger partial charge in [0.2, 0.25) is 0 Å². The molecule has 0 spiro atoms. The highest BCUT2D eigenvalue weighted by atomic mass is 16.5. The summed E-state index contributed by atoms with van der Waals surface area (Å²) < 4.78 is 10.6. The van der Waals surface area contributed by atoms with Crippen molar-refractivity contribution >= 4 is 17.7 Å². The summed E-state index contributed by atoms with van der Waals surface area (Å²) in [7, 11) is 0. The molecule has 1 amide bonds. The second-order valence-electron chi connectivity index (χ2n) is 7.33. The van der Waals surface area contributed by atoms with Crippen molar-refractivity contribution in [1.82, 2.24) is 5.32 Å². The molecule has 0 saturated heterocycles. The summed E-state index contributed by atoms with van der Waals surface area (Å²) in [6.45, 7) is 2.09. The number of Topliss-reactive ketones (excluding diaryl/α,β-unsaturated/α-hetero) is 1. The Balaban J connectivity index is 1.40. The van der Waals surface area contributed by atoms with Crippen molar-refractivity contribution in [3.8, 4) is 5.75 Å². The van der Waals surface area contributed by atoms with E-state index in [1.165, 1.54) is 11.1 Å². The van der Waals surface area contributed by atoms with Crippen molar-refractivity contribution in [2.24, 2.45) is 0 Å². The summed E-state index contributed by atoms with van der Waals surface area (Å²) in [4.78, 5) is 36.3. The Morgan fingerprint density at radius 1 is 0.967 bits per heavy atom. The molecule has 158 valence electrons. The van der Waals surface area contributed by atoms with Crippen LogP contribution in [0.4, 0.5) is 0 Å². The van der Waals surface area contributed by atoms with Gasteiger partial charge in [0.25, 0.3) is 5.91 Å².